The lowest BCUT2D eigenvalue weighted by Crippen LogP contribution is -2.32. The van der Waals surface area contributed by atoms with Crippen LogP contribution in [0.5, 0.6) is 0 Å². The Kier molecular flexibility index (Phi) is 4.42. The van der Waals surface area contributed by atoms with E-state index in [1.54, 1.807) is 12.1 Å². The molecule has 110 valence electrons. The zero-order valence-corrected chi connectivity index (χ0v) is 11.9. The molecular weight excluding hydrogens is 278 g/mol. The minimum absolute atomic E-state index is 0.0558. The third-order valence-electron chi connectivity index (χ3n) is 3.39. The molecule has 0 spiro atoms. The Morgan fingerprint density at radius 2 is 1.90 bits per heavy atom. The van der Waals surface area contributed by atoms with Gasteiger partial charge in [-0.25, -0.2) is 13.6 Å². The third kappa shape index (κ3) is 4.29. The van der Waals surface area contributed by atoms with Crippen molar-refractivity contribution < 1.29 is 13.2 Å². The number of benzene rings is 1. The van der Waals surface area contributed by atoms with Gasteiger partial charge in [-0.05, 0) is 36.5 Å². The van der Waals surface area contributed by atoms with Gasteiger partial charge in [0.05, 0.1) is 4.90 Å². The molecule has 1 saturated carbocycles. The van der Waals surface area contributed by atoms with Crippen LogP contribution in [-0.4, -0.2) is 20.4 Å². The second kappa shape index (κ2) is 5.90. The summed E-state index contributed by atoms with van der Waals surface area (Å²) >= 11 is 0. The molecule has 7 heteroatoms. The number of hydrogen-bond donors (Lipinski definition) is 3. The quantitative estimate of drug-likeness (QED) is 0.689. The van der Waals surface area contributed by atoms with Gasteiger partial charge in [-0.15, -0.1) is 0 Å². The fraction of sp³-hybridized carbons (Fsp3) is 0.462. The smallest absolute Gasteiger partial charge is 0.238 e. The molecule has 2 rings (SSSR count). The molecule has 1 atom stereocenters. The molecule has 1 fully saturated rings. The molecule has 6 nitrogen and oxygen atoms in total. The van der Waals surface area contributed by atoms with Crippen LogP contribution >= 0.6 is 0 Å². The molecule has 1 amide bonds. The average Bonchev–Trinajstić information content (AvgIpc) is 3.20. The summed E-state index contributed by atoms with van der Waals surface area (Å²) in [6.45, 7) is 0.348. The van der Waals surface area contributed by atoms with Gasteiger partial charge >= 0.3 is 0 Å². The fourth-order valence-corrected chi connectivity index (χ4v) is 2.49. The molecular formula is C13H19N3O3S. The number of amides is 1. The SMILES string of the molecule is NC(CC(=O)NCc1ccc(S(N)(=O)=O)cc1)C1CC1. The van der Waals surface area contributed by atoms with E-state index in [2.05, 4.69) is 5.32 Å². The molecule has 1 unspecified atom stereocenters. The van der Waals surface area contributed by atoms with Crippen LogP contribution in [0, 0.1) is 5.92 Å². The van der Waals surface area contributed by atoms with Crippen molar-refractivity contribution >= 4 is 15.9 Å². The molecule has 20 heavy (non-hydrogen) atoms. The Morgan fingerprint density at radius 3 is 2.40 bits per heavy atom. The van der Waals surface area contributed by atoms with E-state index in [4.69, 9.17) is 10.9 Å². The number of carbonyl (C=O) groups is 1. The molecule has 0 bridgehead atoms. The highest BCUT2D eigenvalue weighted by atomic mass is 32.2. The van der Waals surface area contributed by atoms with Crippen LogP contribution in [0.15, 0.2) is 29.2 Å². The Bertz CT molecular complexity index is 579. The van der Waals surface area contributed by atoms with Gasteiger partial charge in [0.25, 0.3) is 0 Å². The summed E-state index contributed by atoms with van der Waals surface area (Å²) in [7, 11) is -3.67. The first-order chi connectivity index (χ1) is 9.36. The maximum absolute atomic E-state index is 11.7. The van der Waals surface area contributed by atoms with Gasteiger partial charge in [0, 0.05) is 19.0 Å². The normalized spacial score (nSPS) is 16.7. The maximum atomic E-state index is 11.7. The first-order valence-corrected chi connectivity index (χ1v) is 8.05. The van der Waals surface area contributed by atoms with Crippen molar-refractivity contribution in [1.82, 2.24) is 5.32 Å². The molecule has 0 saturated heterocycles. The van der Waals surface area contributed by atoms with Crippen LogP contribution in [-0.2, 0) is 21.4 Å². The van der Waals surface area contributed by atoms with Gasteiger partial charge in [0.15, 0.2) is 0 Å². The van der Waals surface area contributed by atoms with Crippen LogP contribution in [0.25, 0.3) is 0 Å². The van der Waals surface area contributed by atoms with E-state index < -0.39 is 10.0 Å². The molecule has 0 radical (unpaired) electrons. The van der Waals surface area contributed by atoms with Crippen LogP contribution in [0.4, 0.5) is 0 Å². The molecule has 1 aliphatic rings. The van der Waals surface area contributed by atoms with Gasteiger partial charge < -0.3 is 11.1 Å². The fourth-order valence-electron chi connectivity index (χ4n) is 1.97. The highest BCUT2D eigenvalue weighted by Crippen LogP contribution is 2.32. The summed E-state index contributed by atoms with van der Waals surface area (Å²) in [6, 6.07) is 6.04. The molecule has 0 heterocycles. The van der Waals surface area contributed by atoms with E-state index in [0.717, 1.165) is 18.4 Å². The first-order valence-electron chi connectivity index (χ1n) is 6.50. The number of carbonyl (C=O) groups excluding carboxylic acids is 1. The minimum Gasteiger partial charge on any atom is -0.352 e. The van der Waals surface area contributed by atoms with Crippen molar-refractivity contribution in [3.63, 3.8) is 0 Å². The number of hydrogen-bond acceptors (Lipinski definition) is 4. The van der Waals surface area contributed by atoms with Crippen LogP contribution < -0.4 is 16.2 Å². The Labute approximate surface area is 118 Å². The van der Waals surface area contributed by atoms with E-state index >= 15 is 0 Å². The lowest BCUT2D eigenvalue weighted by atomic mass is 10.1. The van der Waals surface area contributed by atoms with Crippen molar-refractivity contribution in [2.75, 3.05) is 0 Å². The monoisotopic (exact) mass is 297 g/mol. The van der Waals surface area contributed by atoms with Crippen molar-refractivity contribution in [2.24, 2.45) is 16.8 Å². The van der Waals surface area contributed by atoms with Gasteiger partial charge in [0.1, 0.15) is 0 Å². The lowest BCUT2D eigenvalue weighted by Gasteiger charge is -2.10. The summed E-state index contributed by atoms with van der Waals surface area (Å²) in [6.07, 6.45) is 2.56. The van der Waals surface area contributed by atoms with Gasteiger partial charge in [-0.1, -0.05) is 12.1 Å². The highest BCUT2D eigenvalue weighted by Gasteiger charge is 2.29. The van der Waals surface area contributed by atoms with Crippen molar-refractivity contribution in [3.8, 4) is 0 Å². The molecule has 0 aromatic heterocycles. The number of primary sulfonamides is 1. The lowest BCUT2D eigenvalue weighted by molar-refractivity contribution is -0.121. The standard InChI is InChI=1S/C13H19N3O3S/c14-12(10-3-4-10)7-13(17)16-8-9-1-5-11(6-2-9)20(15,18)19/h1-2,5-6,10,12H,3-4,7-8,14H2,(H,16,17)(H2,15,18,19). The highest BCUT2D eigenvalue weighted by molar-refractivity contribution is 7.89. The Balaban J connectivity index is 1.83. The van der Waals surface area contributed by atoms with Crippen LogP contribution in [0.2, 0.25) is 0 Å². The topological polar surface area (TPSA) is 115 Å². The second-order valence-corrected chi connectivity index (χ2v) is 6.73. The maximum Gasteiger partial charge on any atom is 0.238 e. The summed E-state index contributed by atoms with van der Waals surface area (Å²) in [4.78, 5) is 11.7. The largest absolute Gasteiger partial charge is 0.352 e. The number of nitrogens with one attached hydrogen (secondary N) is 1. The van der Waals surface area contributed by atoms with E-state index in [9.17, 15) is 13.2 Å². The summed E-state index contributed by atoms with van der Waals surface area (Å²) < 4.78 is 22.2. The van der Waals surface area contributed by atoms with E-state index in [1.165, 1.54) is 12.1 Å². The predicted molar refractivity (Wildman–Crippen MR) is 75.0 cm³/mol. The Morgan fingerprint density at radius 1 is 1.30 bits per heavy atom. The van der Waals surface area contributed by atoms with E-state index in [0.29, 0.717) is 18.9 Å². The number of nitrogens with two attached hydrogens (primary N) is 2. The van der Waals surface area contributed by atoms with Gasteiger partial charge in [-0.2, -0.15) is 0 Å². The van der Waals surface area contributed by atoms with Gasteiger partial charge in [-0.3, -0.25) is 4.79 Å². The predicted octanol–water partition coefficient (Wildman–Crippen LogP) is 0.0776. The summed E-state index contributed by atoms with van der Waals surface area (Å²) in [5.74, 6) is 0.412. The summed E-state index contributed by atoms with van der Waals surface area (Å²) in [5, 5.41) is 7.78. The van der Waals surface area contributed by atoms with E-state index in [1.807, 2.05) is 0 Å². The molecule has 1 aliphatic carbocycles. The Hall–Kier alpha value is -1.44. The molecule has 1 aromatic carbocycles. The number of sulfonamides is 1. The van der Waals surface area contributed by atoms with Crippen molar-refractivity contribution in [3.05, 3.63) is 29.8 Å². The van der Waals surface area contributed by atoms with Gasteiger partial charge in [0.2, 0.25) is 15.9 Å². The number of rotatable bonds is 6. The second-order valence-electron chi connectivity index (χ2n) is 5.17. The third-order valence-corrected chi connectivity index (χ3v) is 4.32. The van der Waals surface area contributed by atoms with Crippen molar-refractivity contribution in [1.29, 1.82) is 0 Å². The molecule has 5 N–H and O–H groups in total. The first kappa shape index (κ1) is 15.0. The average molecular weight is 297 g/mol. The zero-order valence-electron chi connectivity index (χ0n) is 11.1. The molecule has 0 aliphatic heterocycles. The zero-order chi connectivity index (χ0) is 14.8. The van der Waals surface area contributed by atoms with Crippen molar-refractivity contribution in [2.45, 2.75) is 36.7 Å². The minimum atomic E-state index is -3.67. The van der Waals surface area contributed by atoms with Crippen LogP contribution in [0.3, 0.4) is 0 Å². The van der Waals surface area contributed by atoms with E-state index in [-0.39, 0.29) is 16.8 Å². The summed E-state index contributed by atoms with van der Waals surface area (Å²) in [5.41, 5.74) is 6.69. The van der Waals surface area contributed by atoms with Crippen LogP contribution in [0.1, 0.15) is 24.8 Å². The molecule has 1 aromatic rings.